The maximum atomic E-state index is 12.0. The summed E-state index contributed by atoms with van der Waals surface area (Å²) in [5.41, 5.74) is 0.300. The Morgan fingerprint density at radius 3 is 2.37 bits per heavy atom. The van der Waals surface area contributed by atoms with Crippen molar-refractivity contribution in [1.82, 2.24) is 10.2 Å². The molecule has 5 heteroatoms. The molecule has 0 unspecified atom stereocenters. The van der Waals surface area contributed by atoms with Crippen molar-refractivity contribution < 1.29 is 14.7 Å². The van der Waals surface area contributed by atoms with Crippen molar-refractivity contribution in [2.45, 2.75) is 19.4 Å². The van der Waals surface area contributed by atoms with Gasteiger partial charge in [-0.3, -0.25) is 4.79 Å². The van der Waals surface area contributed by atoms with Crippen LogP contribution in [-0.2, 0) is 0 Å². The minimum Gasteiger partial charge on any atom is -0.478 e. The second-order valence-corrected chi connectivity index (χ2v) is 5.28. The highest BCUT2D eigenvalue weighted by Gasteiger charge is 2.21. The lowest BCUT2D eigenvalue weighted by atomic mass is 10.0. The van der Waals surface area contributed by atoms with E-state index in [1.54, 1.807) is 12.1 Å². The van der Waals surface area contributed by atoms with Crippen LogP contribution < -0.4 is 5.32 Å². The van der Waals surface area contributed by atoms with Crippen LogP contribution in [0.1, 0.15) is 34.6 Å². The Labute approximate surface area is 113 Å². The fraction of sp³-hybridized carbons (Fsp3) is 0.429. The number of carbonyl (C=O) groups excluding carboxylic acids is 1. The Kier molecular flexibility index (Phi) is 4.67. The van der Waals surface area contributed by atoms with Crippen molar-refractivity contribution in [3.8, 4) is 0 Å². The molecule has 1 rings (SSSR count). The van der Waals surface area contributed by atoms with E-state index in [-0.39, 0.29) is 17.0 Å². The first-order valence-electron chi connectivity index (χ1n) is 6.03. The summed E-state index contributed by atoms with van der Waals surface area (Å²) in [4.78, 5) is 24.8. The number of hydrogen-bond acceptors (Lipinski definition) is 3. The van der Waals surface area contributed by atoms with Crippen LogP contribution in [0.15, 0.2) is 24.3 Å². The van der Waals surface area contributed by atoms with Crippen molar-refractivity contribution in [2.24, 2.45) is 0 Å². The number of nitrogens with zero attached hydrogens (tertiary/aromatic N) is 1. The zero-order chi connectivity index (χ0) is 14.6. The molecule has 0 atom stereocenters. The number of hydrogen-bond donors (Lipinski definition) is 2. The molecule has 5 nitrogen and oxygen atoms in total. The molecular weight excluding hydrogens is 244 g/mol. The number of benzene rings is 1. The minimum absolute atomic E-state index is 0.111. The summed E-state index contributed by atoms with van der Waals surface area (Å²) in [6, 6.07) is 6.00. The Hall–Kier alpha value is -1.88. The Morgan fingerprint density at radius 1 is 1.26 bits per heavy atom. The highest BCUT2D eigenvalue weighted by molar-refractivity contribution is 5.97. The van der Waals surface area contributed by atoms with Crippen LogP contribution in [-0.4, -0.2) is 48.1 Å². The standard InChI is InChI=1S/C14H20N2O3/c1-14(2,16(3)4)9-15-12(17)10-6-5-7-11(8-10)13(18)19/h5-8H,9H2,1-4H3,(H,15,17)(H,18,19). The normalized spacial score (nSPS) is 11.4. The van der Waals surface area contributed by atoms with E-state index in [2.05, 4.69) is 5.32 Å². The molecule has 0 saturated carbocycles. The number of amides is 1. The number of likely N-dealkylation sites (N-methyl/N-ethyl adjacent to an activating group) is 1. The van der Waals surface area contributed by atoms with Gasteiger partial charge < -0.3 is 15.3 Å². The second kappa shape index (κ2) is 5.84. The molecule has 0 aliphatic rings. The van der Waals surface area contributed by atoms with Gasteiger partial charge in [-0.25, -0.2) is 4.79 Å². The third kappa shape index (κ3) is 4.06. The molecule has 1 aromatic carbocycles. The van der Waals surface area contributed by atoms with Crippen molar-refractivity contribution in [3.63, 3.8) is 0 Å². The van der Waals surface area contributed by atoms with Crippen LogP contribution in [0.2, 0.25) is 0 Å². The van der Waals surface area contributed by atoms with E-state index < -0.39 is 5.97 Å². The van der Waals surface area contributed by atoms with Crippen molar-refractivity contribution in [3.05, 3.63) is 35.4 Å². The molecule has 0 heterocycles. The number of nitrogens with one attached hydrogen (secondary N) is 1. The monoisotopic (exact) mass is 264 g/mol. The molecule has 0 aliphatic carbocycles. The average Bonchev–Trinajstić information content (AvgIpc) is 2.36. The predicted octanol–water partition coefficient (Wildman–Crippen LogP) is 1.45. The van der Waals surface area contributed by atoms with Crippen molar-refractivity contribution in [1.29, 1.82) is 0 Å². The lowest BCUT2D eigenvalue weighted by Crippen LogP contribution is -2.48. The van der Waals surface area contributed by atoms with Gasteiger partial charge in [0.05, 0.1) is 5.56 Å². The molecule has 1 amide bonds. The summed E-state index contributed by atoms with van der Waals surface area (Å²) in [6.45, 7) is 4.51. The predicted molar refractivity (Wildman–Crippen MR) is 73.5 cm³/mol. The molecular formula is C14H20N2O3. The zero-order valence-corrected chi connectivity index (χ0v) is 11.7. The summed E-state index contributed by atoms with van der Waals surface area (Å²) in [6.07, 6.45) is 0. The molecule has 2 N–H and O–H groups in total. The first-order chi connectivity index (χ1) is 8.74. The van der Waals surface area contributed by atoms with Crippen LogP contribution in [0.4, 0.5) is 0 Å². The summed E-state index contributed by atoms with van der Waals surface area (Å²) in [7, 11) is 3.88. The summed E-state index contributed by atoms with van der Waals surface area (Å²) >= 11 is 0. The number of carboxylic acid groups (broad SMARTS) is 1. The van der Waals surface area contributed by atoms with Crippen molar-refractivity contribution >= 4 is 11.9 Å². The van der Waals surface area contributed by atoms with Gasteiger partial charge in [-0.2, -0.15) is 0 Å². The van der Waals surface area contributed by atoms with Crippen LogP contribution >= 0.6 is 0 Å². The molecule has 0 bridgehead atoms. The molecule has 0 saturated heterocycles. The molecule has 19 heavy (non-hydrogen) atoms. The van der Waals surface area contributed by atoms with E-state index in [1.807, 2.05) is 32.8 Å². The van der Waals surface area contributed by atoms with E-state index in [0.717, 1.165) is 0 Å². The van der Waals surface area contributed by atoms with Gasteiger partial charge in [0.15, 0.2) is 0 Å². The van der Waals surface area contributed by atoms with E-state index in [4.69, 9.17) is 5.11 Å². The van der Waals surface area contributed by atoms with E-state index >= 15 is 0 Å². The SMILES string of the molecule is CN(C)C(C)(C)CNC(=O)c1cccc(C(=O)O)c1. The number of rotatable bonds is 5. The third-order valence-electron chi connectivity index (χ3n) is 3.26. The first-order valence-corrected chi connectivity index (χ1v) is 6.03. The van der Waals surface area contributed by atoms with Gasteiger partial charge >= 0.3 is 5.97 Å². The number of aromatic carboxylic acids is 1. The summed E-state index contributed by atoms with van der Waals surface area (Å²) < 4.78 is 0. The minimum atomic E-state index is -1.04. The topological polar surface area (TPSA) is 69.6 Å². The molecule has 0 aromatic heterocycles. The summed E-state index contributed by atoms with van der Waals surface area (Å²) in [5.74, 6) is -1.30. The average molecular weight is 264 g/mol. The smallest absolute Gasteiger partial charge is 0.335 e. The Morgan fingerprint density at radius 2 is 1.84 bits per heavy atom. The largest absolute Gasteiger partial charge is 0.478 e. The van der Waals surface area contributed by atoms with Crippen molar-refractivity contribution in [2.75, 3.05) is 20.6 Å². The number of carbonyl (C=O) groups is 2. The third-order valence-corrected chi connectivity index (χ3v) is 3.26. The lowest BCUT2D eigenvalue weighted by Gasteiger charge is -2.32. The second-order valence-electron chi connectivity index (χ2n) is 5.28. The fourth-order valence-electron chi connectivity index (χ4n) is 1.35. The molecule has 104 valence electrons. The van der Waals surface area contributed by atoms with Gasteiger partial charge in [-0.05, 0) is 46.1 Å². The molecule has 0 fully saturated rings. The fourth-order valence-corrected chi connectivity index (χ4v) is 1.35. The molecule has 0 spiro atoms. The van der Waals surface area contributed by atoms with Gasteiger partial charge in [0.1, 0.15) is 0 Å². The summed E-state index contributed by atoms with van der Waals surface area (Å²) in [5, 5.41) is 11.7. The van der Waals surface area contributed by atoms with E-state index in [9.17, 15) is 9.59 Å². The van der Waals surface area contributed by atoms with Crippen LogP contribution in [0.3, 0.4) is 0 Å². The lowest BCUT2D eigenvalue weighted by molar-refractivity contribution is 0.0697. The van der Waals surface area contributed by atoms with Crippen LogP contribution in [0.5, 0.6) is 0 Å². The highest BCUT2D eigenvalue weighted by Crippen LogP contribution is 2.09. The quantitative estimate of drug-likeness (QED) is 0.844. The molecule has 0 aliphatic heterocycles. The Bertz CT molecular complexity index is 481. The van der Waals surface area contributed by atoms with Gasteiger partial charge in [0.2, 0.25) is 0 Å². The maximum Gasteiger partial charge on any atom is 0.335 e. The van der Waals surface area contributed by atoms with Gasteiger partial charge in [0.25, 0.3) is 5.91 Å². The molecule has 1 aromatic rings. The van der Waals surface area contributed by atoms with E-state index in [0.29, 0.717) is 12.1 Å². The Balaban J connectivity index is 2.74. The zero-order valence-electron chi connectivity index (χ0n) is 11.7. The van der Waals surface area contributed by atoms with Crippen LogP contribution in [0, 0.1) is 0 Å². The van der Waals surface area contributed by atoms with E-state index in [1.165, 1.54) is 12.1 Å². The van der Waals surface area contributed by atoms with Crippen LogP contribution in [0.25, 0.3) is 0 Å². The highest BCUT2D eigenvalue weighted by atomic mass is 16.4. The van der Waals surface area contributed by atoms with Gasteiger partial charge in [-0.1, -0.05) is 6.07 Å². The van der Waals surface area contributed by atoms with Gasteiger partial charge in [-0.15, -0.1) is 0 Å². The first kappa shape index (κ1) is 15.2. The maximum absolute atomic E-state index is 12.0. The molecule has 0 radical (unpaired) electrons. The number of carboxylic acids is 1. The van der Waals surface area contributed by atoms with Gasteiger partial charge in [0, 0.05) is 17.6 Å².